The van der Waals surface area contributed by atoms with Gasteiger partial charge in [0.25, 0.3) is 0 Å². The number of hydrogen-bond donors (Lipinski definition) is 1. The van der Waals surface area contributed by atoms with Crippen LogP contribution in [-0.4, -0.2) is 25.4 Å². The Bertz CT molecular complexity index is 621. The molecule has 4 heteroatoms. The third kappa shape index (κ3) is 2.67. The average molecular weight is 286 g/mol. The Morgan fingerprint density at radius 2 is 1.67 bits per heavy atom. The first-order valence-electron chi connectivity index (χ1n) is 6.87. The van der Waals surface area contributed by atoms with Gasteiger partial charge in [0.05, 0.1) is 20.3 Å². The van der Waals surface area contributed by atoms with E-state index in [1.165, 1.54) is 0 Å². The summed E-state index contributed by atoms with van der Waals surface area (Å²) in [6.45, 7) is 0. The predicted molar refractivity (Wildman–Crippen MR) is 79.1 cm³/mol. The molecule has 1 N–H and O–H groups in total. The summed E-state index contributed by atoms with van der Waals surface area (Å²) in [6.07, 6.45) is -0.384. The maximum Gasteiger partial charge on any atom is 0.150 e. The van der Waals surface area contributed by atoms with E-state index in [1.54, 1.807) is 14.2 Å². The molecule has 0 saturated carbocycles. The second-order valence-corrected chi connectivity index (χ2v) is 5.06. The number of aliphatic hydroxyl groups is 1. The molecule has 4 nitrogen and oxygen atoms in total. The Kier molecular flexibility index (Phi) is 3.71. The van der Waals surface area contributed by atoms with E-state index < -0.39 is 6.10 Å². The van der Waals surface area contributed by atoms with Gasteiger partial charge in [0.15, 0.2) is 0 Å². The van der Waals surface area contributed by atoms with Crippen LogP contribution < -0.4 is 14.2 Å². The van der Waals surface area contributed by atoms with E-state index in [0.29, 0.717) is 6.42 Å². The fourth-order valence-corrected chi connectivity index (χ4v) is 2.57. The van der Waals surface area contributed by atoms with Gasteiger partial charge in [0.2, 0.25) is 0 Å². The molecule has 110 valence electrons. The summed E-state index contributed by atoms with van der Waals surface area (Å²) in [5.74, 6) is 2.30. The summed E-state index contributed by atoms with van der Waals surface area (Å²) < 4.78 is 16.3. The van der Waals surface area contributed by atoms with Crippen LogP contribution in [0.1, 0.15) is 17.2 Å². The number of methoxy groups -OCH3 is 2. The van der Waals surface area contributed by atoms with Gasteiger partial charge < -0.3 is 19.3 Å². The molecular weight excluding hydrogens is 268 g/mol. The number of fused-ring (bicyclic) bond motifs is 1. The molecule has 0 radical (unpaired) electrons. The fourth-order valence-electron chi connectivity index (χ4n) is 2.57. The Labute approximate surface area is 123 Å². The molecule has 1 aliphatic heterocycles. The number of benzene rings is 2. The molecule has 0 aromatic heterocycles. The summed E-state index contributed by atoms with van der Waals surface area (Å²) in [5.41, 5.74) is 1.92. The Morgan fingerprint density at radius 3 is 2.33 bits per heavy atom. The second-order valence-electron chi connectivity index (χ2n) is 5.06. The monoisotopic (exact) mass is 286 g/mol. The summed E-state index contributed by atoms with van der Waals surface area (Å²) >= 11 is 0. The minimum absolute atomic E-state index is 0.379. The van der Waals surface area contributed by atoms with Crippen molar-refractivity contribution in [3.8, 4) is 17.2 Å². The number of ether oxygens (including phenoxy) is 3. The predicted octanol–water partition coefficient (Wildman–Crippen LogP) is 2.74. The SMILES string of the molecule is COc1ccc([C@@H]2Oc3cc(OC)ccc3C[C@@H]2O)cc1. The van der Waals surface area contributed by atoms with Crippen molar-refractivity contribution in [3.63, 3.8) is 0 Å². The smallest absolute Gasteiger partial charge is 0.150 e. The summed E-state index contributed by atoms with van der Waals surface area (Å²) in [6, 6.07) is 13.2. The molecule has 2 atom stereocenters. The summed E-state index contributed by atoms with van der Waals surface area (Å²) in [5, 5.41) is 10.3. The fraction of sp³-hybridized carbons (Fsp3) is 0.294. The molecule has 0 aliphatic carbocycles. The molecule has 0 bridgehead atoms. The van der Waals surface area contributed by atoms with Gasteiger partial charge >= 0.3 is 0 Å². The van der Waals surface area contributed by atoms with Crippen LogP contribution in [0.5, 0.6) is 17.2 Å². The van der Waals surface area contributed by atoms with E-state index in [1.807, 2.05) is 42.5 Å². The quantitative estimate of drug-likeness (QED) is 0.942. The zero-order chi connectivity index (χ0) is 14.8. The van der Waals surface area contributed by atoms with Gasteiger partial charge in [-0.25, -0.2) is 0 Å². The highest BCUT2D eigenvalue weighted by Crippen LogP contribution is 2.37. The standard InChI is InChI=1S/C17H18O4/c1-19-13-6-3-11(4-7-13)17-15(18)9-12-5-8-14(20-2)10-16(12)21-17/h3-8,10,15,17-18H,9H2,1-2H3/t15-,17-/m0/s1. The molecule has 21 heavy (non-hydrogen) atoms. The van der Waals surface area contributed by atoms with Gasteiger partial charge in [0, 0.05) is 12.5 Å². The van der Waals surface area contributed by atoms with Crippen molar-refractivity contribution in [3.05, 3.63) is 53.6 Å². The number of aliphatic hydroxyl groups excluding tert-OH is 1. The normalized spacial score (nSPS) is 20.3. The Morgan fingerprint density at radius 1 is 1.00 bits per heavy atom. The largest absolute Gasteiger partial charge is 0.497 e. The van der Waals surface area contributed by atoms with Crippen molar-refractivity contribution in [2.24, 2.45) is 0 Å². The van der Waals surface area contributed by atoms with E-state index in [4.69, 9.17) is 14.2 Å². The van der Waals surface area contributed by atoms with Gasteiger partial charge in [0.1, 0.15) is 23.4 Å². The van der Waals surface area contributed by atoms with Crippen molar-refractivity contribution in [2.45, 2.75) is 18.6 Å². The van der Waals surface area contributed by atoms with E-state index in [9.17, 15) is 5.11 Å². The Hall–Kier alpha value is -2.20. The van der Waals surface area contributed by atoms with Crippen LogP contribution in [0.15, 0.2) is 42.5 Å². The minimum atomic E-state index is -0.570. The molecule has 0 amide bonds. The van der Waals surface area contributed by atoms with Crippen LogP contribution in [0.25, 0.3) is 0 Å². The van der Waals surface area contributed by atoms with Crippen molar-refractivity contribution in [2.75, 3.05) is 14.2 Å². The minimum Gasteiger partial charge on any atom is -0.497 e. The third-order valence-electron chi connectivity index (χ3n) is 3.75. The van der Waals surface area contributed by atoms with Gasteiger partial charge in [-0.1, -0.05) is 18.2 Å². The van der Waals surface area contributed by atoms with Crippen LogP contribution in [0.3, 0.4) is 0 Å². The van der Waals surface area contributed by atoms with Gasteiger partial charge in [-0.3, -0.25) is 0 Å². The molecule has 0 saturated heterocycles. The molecular formula is C17H18O4. The van der Waals surface area contributed by atoms with E-state index in [-0.39, 0.29) is 6.10 Å². The highest BCUT2D eigenvalue weighted by atomic mass is 16.5. The lowest BCUT2D eigenvalue weighted by atomic mass is 9.94. The maximum atomic E-state index is 10.3. The summed E-state index contributed by atoms with van der Waals surface area (Å²) in [7, 11) is 3.25. The lowest BCUT2D eigenvalue weighted by Gasteiger charge is -2.31. The van der Waals surface area contributed by atoms with Crippen LogP contribution in [0.4, 0.5) is 0 Å². The zero-order valence-electron chi connectivity index (χ0n) is 12.1. The second kappa shape index (κ2) is 5.66. The van der Waals surface area contributed by atoms with Crippen molar-refractivity contribution >= 4 is 0 Å². The van der Waals surface area contributed by atoms with Crippen LogP contribution in [0.2, 0.25) is 0 Å². The average Bonchev–Trinajstić information content (AvgIpc) is 2.54. The van der Waals surface area contributed by atoms with Crippen molar-refractivity contribution < 1.29 is 19.3 Å². The van der Waals surface area contributed by atoms with Crippen LogP contribution in [0, 0.1) is 0 Å². The lowest BCUT2D eigenvalue weighted by Crippen LogP contribution is -2.30. The van der Waals surface area contributed by atoms with Crippen molar-refractivity contribution in [1.82, 2.24) is 0 Å². The number of rotatable bonds is 3. The first-order valence-corrected chi connectivity index (χ1v) is 6.87. The zero-order valence-corrected chi connectivity index (χ0v) is 12.1. The van der Waals surface area contributed by atoms with Gasteiger partial charge in [-0.05, 0) is 29.3 Å². The molecule has 1 heterocycles. The Balaban J connectivity index is 1.89. The highest BCUT2D eigenvalue weighted by Gasteiger charge is 2.30. The van der Waals surface area contributed by atoms with E-state index in [2.05, 4.69) is 0 Å². The van der Waals surface area contributed by atoms with Gasteiger partial charge in [-0.2, -0.15) is 0 Å². The molecule has 2 aromatic rings. The summed E-state index contributed by atoms with van der Waals surface area (Å²) in [4.78, 5) is 0. The van der Waals surface area contributed by atoms with Crippen molar-refractivity contribution in [1.29, 1.82) is 0 Å². The molecule has 0 fully saturated rings. The lowest BCUT2D eigenvalue weighted by molar-refractivity contribution is 0.0206. The van der Waals surface area contributed by atoms with E-state index in [0.717, 1.165) is 28.4 Å². The first kappa shape index (κ1) is 13.8. The number of hydrogen-bond acceptors (Lipinski definition) is 4. The molecule has 1 aliphatic rings. The molecule has 2 aromatic carbocycles. The first-order chi connectivity index (χ1) is 10.2. The topological polar surface area (TPSA) is 47.9 Å². The highest BCUT2D eigenvalue weighted by molar-refractivity contribution is 5.43. The van der Waals surface area contributed by atoms with Gasteiger partial charge in [-0.15, -0.1) is 0 Å². The van der Waals surface area contributed by atoms with Crippen LogP contribution in [-0.2, 0) is 6.42 Å². The molecule has 3 rings (SSSR count). The third-order valence-corrected chi connectivity index (χ3v) is 3.75. The molecule has 0 unspecified atom stereocenters. The van der Waals surface area contributed by atoms with E-state index >= 15 is 0 Å². The maximum absolute atomic E-state index is 10.3. The van der Waals surface area contributed by atoms with Crippen LogP contribution >= 0.6 is 0 Å². The molecule has 0 spiro atoms.